The molecule has 0 spiro atoms. The third-order valence-electron chi connectivity index (χ3n) is 10.0. The smallest absolute Gasteiger partial charge is 0.155 e. The highest BCUT2D eigenvalue weighted by Crippen LogP contribution is 2.60. The van der Waals surface area contributed by atoms with Crippen LogP contribution in [0.5, 0.6) is 23.0 Å². The second-order valence-electron chi connectivity index (χ2n) is 14.0. The topological polar surface area (TPSA) is 21.7 Å². The number of benzene rings is 3. The van der Waals surface area contributed by atoms with Crippen molar-refractivity contribution in [3.63, 3.8) is 0 Å². The molecule has 47 heavy (non-hydrogen) atoms. The van der Waals surface area contributed by atoms with E-state index in [1.807, 2.05) is 0 Å². The van der Waals surface area contributed by atoms with Gasteiger partial charge in [-0.3, -0.25) is 4.90 Å². The first-order valence-electron chi connectivity index (χ1n) is 19.0. The number of hydrogen-bond acceptors (Lipinski definition) is 3. The number of ether oxygens (including phenoxy) is 2. The van der Waals surface area contributed by atoms with E-state index in [1.54, 1.807) is 0 Å². The second-order valence-corrected chi connectivity index (χ2v) is 15.8. The molecule has 0 bridgehead atoms. The van der Waals surface area contributed by atoms with Crippen molar-refractivity contribution >= 4 is 48.9 Å². The average Bonchev–Trinajstić information content (AvgIpc) is 3.06. The van der Waals surface area contributed by atoms with Gasteiger partial charge in [0.2, 0.25) is 0 Å². The lowest BCUT2D eigenvalue weighted by Crippen LogP contribution is -2.20. The van der Waals surface area contributed by atoms with E-state index in [0.29, 0.717) is 5.92 Å². The van der Waals surface area contributed by atoms with Crippen LogP contribution in [0.2, 0.25) is 0 Å². The molecule has 0 aliphatic carbocycles. The summed E-state index contributed by atoms with van der Waals surface area (Å²) < 4.78 is 15.3. The molecule has 0 radical (unpaired) electrons. The van der Waals surface area contributed by atoms with Crippen molar-refractivity contribution < 1.29 is 9.47 Å². The molecule has 0 N–H and O–H groups in total. The minimum atomic E-state index is 0.695. The fourth-order valence-corrected chi connectivity index (χ4v) is 8.10. The van der Waals surface area contributed by atoms with Gasteiger partial charge in [-0.1, -0.05) is 174 Å². The lowest BCUT2D eigenvalue weighted by molar-refractivity contribution is 0.397. The van der Waals surface area contributed by atoms with Crippen LogP contribution in [-0.4, -0.2) is 0 Å². The van der Waals surface area contributed by atoms with Crippen LogP contribution in [-0.2, 0) is 6.42 Å². The predicted molar refractivity (Wildman–Crippen MR) is 208 cm³/mol. The molecule has 0 aromatic heterocycles. The minimum absolute atomic E-state index is 0.695. The molecule has 5 rings (SSSR count). The van der Waals surface area contributed by atoms with E-state index in [0.717, 1.165) is 55.4 Å². The quantitative estimate of drug-likeness (QED) is 0.0655. The molecule has 1 unspecified atom stereocenters. The summed E-state index contributed by atoms with van der Waals surface area (Å²) in [6.45, 7) is 4.60. The summed E-state index contributed by atoms with van der Waals surface area (Å²) in [6, 6.07) is 17.2. The third-order valence-corrected chi connectivity index (χ3v) is 11.0. The minimum Gasteiger partial charge on any atom is -0.453 e. The normalized spacial score (nSPS) is 13.4. The van der Waals surface area contributed by atoms with Gasteiger partial charge in [0.05, 0.1) is 11.4 Å². The van der Waals surface area contributed by atoms with Gasteiger partial charge < -0.3 is 9.47 Å². The van der Waals surface area contributed by atoms with E-state index in [-0.39, 0.29) is 0 Å². The second kappa shape index (κ2) is 19.3. The molecule has 0 saturated carbocycles. The van der Waals surface area contributed by atoms with E-state index >= 15 is 0 Å². The molecule has 2 aliphatic rings. The van der Waals surface area contributed by atoms with Gasteiger partial charge in [0.1, 0.15) is 5.69 Å². The standard InChI is InChI=1S/C42H57Br2NO2/c1-3-5-7-9-11-13-14-16-18-20-22-32(21-19-17-15-12-10-8-6-4-2)27-33-28-40-42-41(29-33)47-39-31-35(44)24-26-37(39)45(42)36-25-23-34(43)30-38(36)46-40/h23-26,28-32H,3-22,27H2,1-2H3. The first-order valence-corrected chi connectivity index (χ1v) is 20.6. The monoisotopic (exact) mass is 765 g/mol. The molecule has 5 heteroatoms. The number of unbranched alkanes of at least 4 members (excludes halogenated alkanes) is 16. The Bertz CT molecular complexity index is 1330. The number of rotatable bonds is 22. The number of anilines is 3. The van der Waals surface area contributed by atoms with Gasteiger partial charge in [-0.2, -0.15) is 0 Å². The highest BCUT2D eigenvalue weighted by atomic mass is 79.9. The molecular formula is C42H57Br2NO2. The Kier molecular flexibility index (Phi) is 14.9. The first-order chi connectivity index (χ1) is 23.1. The van der Waals surface area contributed by atoms with Crippen molar-refractivity contribution in [3.05, 3.63) is 63.0 Å². The number of halogens is 2. The van der Waals surface area contributed by atoms with Crippen LogP contribution in [0, 0.1) is 5.92 Å². The Labute approximate surface area is 302 Å². The predicted octanol–water partition coefficient (Wildman–Crippen LogP) is 15.9. The molecule has 1 atom stereocenters. The fourth-order valence-electron chi connectivity index (χ4n) is 7.42. The SMILES string of the molecule is CCCCCCCCCCCCC(CCCCCCCCCC)Cc1cc2c3c(c1)Oc1cc(Br)ccc1N3c1ccc(Br)cc1O2. The van der Waals surface area contributed by atoms with E-state index < -0.39 is 0 Å². The van der Waals surface area contributed by atoms with Crippen LogP contribution in [0.3, 0.4) is 0 Å². The Morgan fingerprint density at radius 1 is 0.511 bits per heavy atom. The Morgan fingerprint density at radius 3 is 1.34 bits per heavy atom. The summed E-state index contributed by atoms with van der Waals surface area (Å²) in [6.07, 6.45) is 28.7. The van der Waals surface area contributed by atoms with Crippen LogP contribution in [0.4, 0.5) is 17.1 Å². The number of fused-ring (bicyclic) bond motifs is 4. The van der Waals surface area contributed by atoms with Gasteiger partial charge in [-0.05, 0) is 66.4 Å². The van der Waals surface area contributed by atoms with Crippen molar-refractivity contribution in [1.82, 2.24) is 0 Å². The van der Waals surface area contributed by atoms with Gasteiger partial charge in [0.15, 0.2) is 23.0 Å². The molecule has 3 nitrogen and oxygen atoms in total. The lowest BCUT2D eigenvalue weighted by atomic mass is 9.88. The third kappa shape index (κ3) is 10.5. The van der Waals surface area contributed by atoms with Crippen LogP contribution in [0.15, 0.2) is 57.5 Å². The molecule has 3 aromatic carbocycles. The van der Waals surface area contributed by atoms with Crippen molar-refractivity contribution in [3.8, 4) is 23.0 Å². The van der Waals surface area contributed by atoms with Gasteiger partial charge in [-0.25, -0.2) is 0 Å². The largest absolute Gasteiger partial charge is 0.453 e. The number of nitrogens with zero attached hydrogens (tertiary/aromatic N) is 1. The summed E-state index contributed by atoms with van der Waals surface area (Å²) in [5, 5.41) is 0. The number of hydrogen-bond donors (Lipinski definition) is 0. The van der Waals surface area contributed by atoms with Crippen LogP contribution in [0.25, 0.3) is 0 Å². The molecule has 2 heterocycles. The van der Waals surface area contributed by atoms with E-state index in [2.05, 4.69) is 99.1 Å². The molecule has 0 saturated heterocycles. The highest BCUT2D eigenvalue weighted by molar-refractivity contribution is 9.10. The Balaban J connectivity index is 1.25. The highest BCUT2D eigenvalue weighted by Gasteiger charge is 2.35. The van der Waals surface area contributed by atoms with Crippen LogP contribution in [0.1, 0.15) is 148 Å². The molecular weight excluding hydrogens is 710 g/mol. The van der Waals surface area contributed by atoms with Crippen molar-refractivity contribution in [2.75, 3.05) is 4.90 Å². The molecule has 256 valence electrons. The van der Waals surface area contributed by atoms with Gasteiger partial charge in [-0.15, -0.1) is 0 Å². The van der Waals surface area contributed by atoms with E-state index in [1.165, 1.54) is 134 Å². The zero-order valence-corrected chi connectivity index (χ0v) is 32.2. The van der Waals surface area contributed by atoms with Gasteiger partial charge in [0.25, 0.3) is 0 Å². The molecule has 2 aliphatic heterocycles. The molecule has 3 aromatic rings. The zero-order valence-electron chi connectivity index (χ0n) is 29.1. The van der Waals surface area contributed by atoms with Crippen LogP contribution >= 0.6 is 31.9 Å². The maximum Gasteiger partial charge on any atom is 0.155 e. The summed E-state index contributed by atoms with van der Waals surface area (Å²) in [4.78, 5) is 2.31. The van der Waals surface area contributed by atoms with Gasteiger partial charge in [0, 0.05) is 8.95 Å². The summed E-state index contributed by atoms with van der Waals surface area (Å²) in [7, 11) is 0. The van der Waals surface area contributed by atoms with E-state index in [9.17, 15) is 0 Å². The maximum absolute atomic E-state index is 6.63. The summed E-state index contributed by atoms with van der Waals surface area (Å²) >= 11 is 7.33. The lowest BCUT2D eigenvalue weighted by Gasteiger charge is -2.38. The maximum atomic E-state index is 6.63. The first kappa shape index (κ1) is 36.3. The van der Waals surface area contributed by atoms with Crippen molar-refractivity contribution in [2.45, 2.75) is 149 Å². The molecule has 0 fully saturated rings. The average molecular weight is 768 g/mol. The van der Waals surface area contributed by atoms with E-state index in [4.69, 9.17) is 9.47 Å². The Hall–Kier alpha value is -1.98. The van der Waals surface area contributed by atoms with Crippen molar-refractivity contribution in [2.24, 2.45) is 5.92 Å². The van der Waals surface area contributed by atoms with Crippen LogP contribution < -0.4 is 14.4 Å². The fraction of sp³-hybridized carbons (Fsp3) is 0.571. The summed E-state index contributed by atoms with van der Waals surface area (Å²) in [5.74, 6) is 4.21. The van der Waals surface area contributed by atoms with Crippen molar-refractivity contribution in [1.29, 1.82) is 0 Å². The Morgan fingerprint density at radius 2 is 0.915 bits per heavy atom. The van der Waals surface area contributed by atoms with Gasteiger partial charge >= 0.3 is 0 Å². The molecule has 0 amide bonds. The summed E-state index contributed by atoms with van der Waals surface area (Å²) in [5.41, 5.74) is 4.41. The zero-order chi connectivity index (χ0) is 32.8.